The second kappa shape index (κ2) is 11.0. The van der Waals surface area contributed by atoms with Crippen molar-refractivity contribution >= 4 is 6.09 Å². The number of hydrogen-bond donors (Lipinski definition) is 1. The van der Waals surface area contributed by atoms with E-state index in [9.17, 15) is 4.79 Å². The minimum Gasteiger partial charge on any atom is -0.444 e. The number of hydrogen-bond acceptors (Lipinski definition) is 3. The first-order valence-electron chi connectivity index (χ1n) is 10.1. The number of rotatable bonds is 10. The van der Waals surface area contributed by atoms with E-state index in [2.05, 4.69) is 19.2 Å². The van der Waals surface area contributed by atoms with Gasteiger partial charge in [0.2, 0.25) is 0 Å². The van der Waals surface area contributed by atoms with Crippen LogP contribution >= 0.6 is 0 Å². The molecule has 1 heterocycles. The molecule has 1 rings (SSSR count). The Labute approximate surface area is 149 Å². The summed E-state index contributed by atoms with van der Waals surface area (Å²) in [5.41, 5.74) is -0.408. The predicted octanol–water partition coefficient (Wildman–Crippen LogP) is 4.97. The maximum atomic E-state index is 12.3. The highest BCUT2D eigenvalue weighted by Crippen LogP contribution is 2.25. The molecule has 142 valence electrons. The number of ether oxygens (including phenoxy) is 1. The van der Waals surface area contributed by atoms with Crippen molar-refractivity contribution in [2.45, 2.75) is 97.6 Å². The summed E-state index contributed by atoms with van der Waals surface area (Å²) in [6.07, 6.45) is 9.97. The van der Waals surface area contributed by atoms with E-state index in [0.29, 0.717) is 12.0 Å². The molecule has 1 amide bonds. The first-order valence-corrected chi connectivity index (χ1v) is 10.1. The molecule has 0 bridgehead atoms. The molecule has 2 unspecified atom stereocenters. The summed E-state index contributed by atoms with van der Waals surface area (Å²) in [7, 11) is 0. The third-order valence-electron chi connectivity index (χ3n) is 4.72. The smallest absolute Gasteiger partial charge is 0.410 e. The Balaban J connectivity index is 2.44. The fourth-order valence-electron chi connectivity index (χ4n) is 3.41. The lowest BCUT2D eigenvalue weighted by Gasteiger charge is -2.27. The molecule has 0 aromatic carbocycles. The van der Waals surface area contributed by atoms with E-state index in [1.165, 1.54) is 38.5 Å². The molecule has 1 aliphatic rings. The lowest BCUT2D eigenvalue weighted by atomic mass is 9.93. The van der Waals surface area contributed by atoms with Crippen LogP contribution in [0, 0.1) is 5.92 Å². The highest BCUT2D eigenvalue weighted by atomic mass is 16.6. The van der Waals surface area contributed by atoms with Crippen LogP contribution in [-0.2, 0) is 4.74 Å². The number of nitrogens with zero attached hydrogens (tertiary/aromatic N) is 1. The van der Waals surface area contributed by atoms with Crippen LogP contribution in [0.5, 0.6) is 0 Å². The van der Waals surface area contributed by atoms with Gasteiger partial charge in [0.05, 0.1) is 0 Å². The molecule has 0 aliphatic carbocycles. The SMILES string of the molecule is CCCCCCCC(NCCC)C1CCN(C(=O)OC(C)(C)C)C1. The second-order valence-electron chi connectivity index (χ2n) is 8.24. The van der Waals surface area contributed by atoms with Crippen molar-refractivity contribution in [3.8, 4) is 0 Å². The van der Waals surface area contributed by atoms with Crippen molar-refractivity contribution < 1.29 is 9.53 Å². The number of amides is 1. The molecule has 0 saturated carbocycles. The normalized spacial score (nSPS) is 19.5. The van der Waals surface area contributed by atoms with Crippen LogP contribution in [0.4, 0.5) is 4.79 Å². The van der Waals surface area contributed by atoms with Crippen LogP contribution in [0.25, 0.3) is 0 Å². The number of nitrogens with one attached hydrogen (secondary N) is 1. The van der Waals surface area contributed by atoms with Crippen molar-refractivity contribution in [3.63, 3.8) is 0 Å². The third-order valence-corrected chi connectivity index (χ3v) is 4.72. The zero-order valence-corrected chi connectivity index (χ0v) is 16.7. The molecule has 1 fully saturated rings. The minimum absolute atomic E-state index is 0.151. The summed E-state index contributed by atoms with van der Waals surface area (Å²) < 4.78 is 5.52. The van der Waals surface area contributed by atoms with Gasteiger partial charge in [0, 0.05) is 19.1 Å². The molecule has 1 N–H and O–H groups in total. The van der Waals surface area contributed by atoms with Gasteiger partial charge in [-0.2, -0.15) is 0 Å². The van der Waals surface area contributed by atoms with Gasteiger partial charge >= 0.3 is 6.09 Å². The van der Waals surface area contributed by atoms with E-state index in [4.69, 9.17) is 4.74 Å². The maximum Gasteiger partial charge on any atom is 0.410 e. The van der Waals surface area contributed by atoms with E-state index >= 15 is 0 Å². The summed E-state index contributed by atoms with van der Waals surface area (Å²) in [5.74, 6) is 0.565. The zero-order chi connectivity index (χ0) is 18.0. The predicted molar refractivity (Wildman–Crippen MR) is 101 cm³/mol. The lowest BCUT2D eigenvalue weighted by molar-refractivity contribution is 0.0285. The van der Waals surface area contributed by atoms with Crippen LogP contribution in [-0.4, -0.2) is 42.3 Å². The summed E-state index contributed by atoms with van der Waals surface area (Å²) in [4.78, 5) is 14.2. The molecule has 0 radical (unpaired) electrons. The largest absolute Gasteiger partial charge is 0.444 e. The van der Waals surface area contributed by atoms with E-state index in [-0.39, 0.29) is 6.09 Å². The number of carbonyl (C=O) groups excluding carboxylic acids is 1. The first kappa shape index (κ1) is 21.3. The number of carbonyl (C=O) groups is 1. The third kappa shape index (κ3) is 8.36. The standard InChI is InChI=1S/C20H40N2O2/c1-6-8-9-10-11-12-18(21-14-7-2)17-13-15-22(16-17)19(23)24-20(3,4)5/h17-18,21H,6-16H2,1-5H3. The fraction of sp³-hybridized carbons (Fsp3) is 0.950. The molecule has 4 heteroatoms. The summed E-state index contributed by atoms with van der Waals surface area (Å²) in [6.45, 7) is 13.0. The molecule has 1 saturated heterocycles. The lowest BCUT2D eigenvalue weighted by Crippen LogP contribution is -2.40. The quantitative estimate of drug-likeness (QED) is 0.571. The van der Waals surface area contributed by atoms with E-state index in [1.807, 2.05) is 25.7 Å². The van der Waals surface area contributed by atoms with Crippen LogP contribution in [0.2, 0.25) is 0 Å². The van der Waals surface area contributed by atoms with Crippen molar-refractivity contribution in [3.05, 3.63) is 0 Å². The Hall–Kier alpha value is -0.770. The average molecular weight is 341 g/mol. The number of unbranched alkanes of at least 4 members (excludes halogenated alkanes) is 4. The van der Waals surface area contributed by atoms with Crippen LogP contribution in [0.15, 0.2) is 0 Å². The van der Waals surface area contributed by atoms with E-state index in [1.54, 1.807) is 0 Å². The molecule has 2 atom stereocenters. The van der Waals surface area contributed by atoms with Gasteiger partial charge in [-0.3, -0.25) is 0 Å². The van der Waals surface area contributed by atoms with Gasteiger partial charge in [0.15, 0.2) is 0 Å². The molecular formula is C20H40N2O2. The summed E-state index contributed by atoms with van der Waals surface area (Å²) in [5, 5.41) is 3.73. The minimum atomic E-state index is -0.408. The molecule has 1 aliphatic heterocycles. The van der Waals surface area contributed by atoms with Crippen molar-refractivity contribution in [2.75, 3.05) is 19.6 Å². The van der Waals surface area contributed by atoms with E-state index < -0.39 is 5.60 Å². The Morgan fingerprint density at radius 1 is 1.17 bits per heavy atom. The van der Waals surface area contributed by atoms with Crippen LogP contribution < -0.4 is 5.32 Å². The van der Waals surface area contributed by atoms with Crippen LogP contribution in [0.1, 0.15) is 86.0 Å². The molecule has 4 nitrogen and oxygen atoms in total. The molecular weight excluding hydrogens is 300 g/mol. The van der Waals surface area contributed by atoms with E-state index in [0.717, 1.165) is 32.5 Å². The Bertz CT molecular complexity index is 352. The van der Waals surface area contributed by atoms with Gasteiger partial charge in [0.25, 0.3) is 0 Å². The van der Waals surface area contributed by atoms with Crippen molar-refractivity contribution in [1.29, 1.82) is 0 Å². The Kier molecular flexibility index (Phi) is 9.72. The van der Waals surface area contributed by atoms with Gasteiger partial charge in [-0.1, -0.05) is 46.0 Å². The molecule has 0 spiro atoms. The Morgan fingerprint density at radius 2 is 1.88 bits per heavy atom. The summed E-state index contributed by atoms with van der Waals surface area (Å²) in [6, 6.07) is 0.541. The maximum absolute atomic E-state index is 12.3. The van der Waals surface area contributed by atoms with Gasteiger partial charge in [-0.15, -0.1) is 0 Å². The highest BCUT2D eigenvalue weighted by molar-refractivity contribution is 5.68. The first-order chi connectivity index (χ1) is 11.4. The van der Waals surface area contributed by atoms with Gasteiger partial charge in [0.1, 0.15) is 5.60 Å². The van der Waals surface area contributed by atoms with Crippen molar-refractivity contribution in [2.24, 2.45) is 5.92 Å². The van der Waals surface area contributed by atoms with Gasteiger partial charge in [-0.25, -0.2) is 4.79 Å². The topological polar surface area (TPSA) is 41.6 Å². The van der Waals surface area contributed by atoms with Gasteiger partial charge in [-0.05, 0) is 52.5 Å². The molecule has 24 heavy (non-hydrogen) atoms. The number of likely N-dealkylation sites (tertiary alicyclic amines) is 1. The van der Waals surface area contributed by atoms with Gasteiger partial charge < -0.3 is 15.0 Å². The molecule has 0 aromatic rings. The zero-order valence-electron chi connectivity index (χ0n) is 16.7. The highest BCUT2D eigenvalue weighted by Gasteiger charge is 2.33. The molecule has 0 aromatic heterocycles. The second-order valence-corrected chi connectivity index (χ2v) is 8.24. The van der Waals surface area contributed by atoms with Crippen LogP contribution in [0.3, 0.4) is 0 Å². The summed E-state index contributed by atoms with van der Waals surface area (Å²) >= 11 is 0. The average Bonchev–Trinajstić information content (AvgIpc) is 2.98. The Morgan fingerprint density at radius 3 is 2.50 bits per heavy atom. The fourth-order valence-corrected chi connectivity index (χ4v) is 3.41. The monoisotopic (exact) mass is 340 g/mol. The van der Waals surface area contributed by atoms with Crippen molar-refractivity contribution in [1.82, 2.24) is 10.2 Å².